The molecule has 6 heteroatoms. The van der Waals surface area contributed by atoms with Gasteiger partial charge in [-0.15, -0.1) is 11.3 Å². The zero-order valence-corrected chi connectivity index (χ0v) is 14.5. The molecule has 3 aromatic rings. The second-order valence-electron chi connectivity index (χ2n) is 6.32. The summed E-state index contributed by atoms with van der Waals surface area (Å²) in [6, 6.07) is 7.90. The Bertz CT molecular complexity index is 967. The van der Waals surface area contributed by atoms with Crippen LogP contribution in [0.15, 0.2) is 30.3 Å². The molecule has 1 amide bonds. The number of carbonyl (C=O) groups is 1. The first-order chi connectivity index (χ1) is 12.1. The van der Waals surface area contributed by atoms with Crippen LogP contribution in [0.5, 0.6) is 0 Å². The highest BCUT2D eigenvalue weighted by Gasteiger charge is 2.20. The van der Waals surface area contributed by atoms with Crippen molar-refractivity contribution >= 4 is 38.8 Å². The van der Waals surface area contributed by atoms with E-state index in [1.165, 1.54) is 35.5 Å². The third-order valence-corrected chi connectivity index (χ3v) is 5.65. The van der Waals surface area contributed by atoms with E-state index in [0.717, 1.165) is 41.6 Å². The molecule has 0 saturated carbocycles. The van der Waals surface area contributed by atoms with E-state index in [2.05, 4.69) is 11.4 Å². The maximum absolute atomic E-state index is 13.3. The molecule has 3 N–H and O–H groups in total. The summed E-state index contributed by atoms with van der Waals surface area (Å²) in [7, 11) is 0. The Morgan fingerprint density at radius 3 is 2.88 bits per heavy atom. The quantitative estimate of drug-likeness (QED) is 0.663. The van der Waals surface area contributed by atoms with Crippen molar-refractivity contribution in [3.8, 4) is 0 Å². The van der Waals surface area contributed by atoms with E-state index in [0.29, 0.717) is 16.3 Å². The number of nitrogens with one attached hydrogen (secondary N) is 1. The van der Waals surface area contributed by atoms with Gasteiger partial charge >= 0.3 is 0 Å². The largest absolute Gasteiger partial charge is 0.397 e. The number of aryl methyl sites for hydroxylation is 2. The molecule has 0 unspecified atom stereocenters. The molecule has 0 aliphatic heterocycles. The summed E-state index contributed by atoms with van der Waals surface area (Å²) in [5.41, 5.74) is 9.46. The molecular weight excluding hydrogens is 337 g/mol. The highest BCUT2D eigenvalue weighted by Crippen LogP contribution is 2.35. The number of nitrogens with zero attached hydrogens (tertiary/aromatic N) is 1. The summed E-state index contributed by atoms with van der Waals surface area (Å²) in [5.74, 6) is -0.728. The Morgan fingerprint density at radius 1 is 1.20 bits per heavy atom. The minimum Gasteiger partial charge on any atom is -0.397 e. The van der Waals surface area contributed by atoms with E-state index < -0.39 is 5.82 Å². The number of hydrogen-bond acceptors (Lipinski definition) is 4. The van der Waals surface area contributed by atoms with Crippen LogP contribution in [0.1, 0.15) is 40.2 Å². The van der Waals surface area contributed by atoms with E-state index in [-0.39, 0.29) is 5.91 Å². The maximum Gasteiger partial charge on any atom is 0.267 e. The van der Waals surface area contributed by atoms with Crippen LogP contribution < -0.4 is 11.1 Å². The van der Waals surface area contributed by atoms with Crippen molar-refractivity contribution in [3.05, 3.63) is 52.3 Å². The van der Waals surface area contributed by atoms with Crippen molar-refractivity contribution in [2.45, 2.75) is 32.1 Å². The summed E-state index contributed by atoms with van der Waals surface area (Å²) in [6.45, 7) is 0. The second-order valence-corrected chi connectivity index (χ2v) is 7.32. The number of nitrogens with two attached hydrogens (primary N) is 1. The molecule has 2 aromatic heterocycles. The first-order valence-electron chi connectivity index (χ1n) is 8.39. The Morgan fingerprint density at radius 2 is 2.04 bits per heavy atom. The predicted octanol–water partition coefficient (Wildman–Crippen LogP) is 4.54. The van der Waals surface area contributed by atoms with Crippen LogP contribution in [0.3, 0.4) is 0 Å². The highest BCUT2D eigenvalue weighted by atomic mass is 32.1. The number of aromatic nitrogens is 1. The van der Waals surface area contributed by atoms with Crippen LogP contribution in [0.4, 0.5) is 15.8 Å². The molecule has 0 spiro atoms. The monoisotopic (exact) mass is 355 g/mol. The molecule has 2 heterocycles. The number of thiophene rings is 1. The van der Waals surface area contributed by atoms with Crippen LogP contribution in [-0.4, -0.2) is 10.9 Å². The number of nitrogen functional groups attached to an aromatic ring is 1. The van der Waals surface area contributed by atoms with Gasteiger partial charge in [0, 0.05) is 16.8 Å². The first kappa shape index (κ1) is 16.0. The fourth-order valence-corrected chi connectivity index (χ4v) is 4.25. The van der Waals surface area contributed by atoms with Crippen LogP contribution in [-0.2, 0) is 12.8 Å². The highest BCUT2D eigenvalue weighted by molar-refractivity contribution is 7.21. The minimum absolute atomic E-state index is 0.332. The lowest BCUT2D eigenvalue weighted by Gasteiger charge is -2.05. The number of pyridine rings is 1. The van der Waals surface area contributed by atoms with E-state index in [4.69, 9.17) is 10.7 Å². The second kappa shape index (κ2) is 6.44. The van der Waals surface area contributed by atoms with E-state index in [1.807, 2.05) is 0 Å². The van der Waals surface area contributed by atoms with Gasteiger partial charge in [0.1, 0.15) is 15.5 Å². The van der Waals surface area contributed by atoms with Gasteiger partial charge in [0.05, 0.1) is 5.69 Å². The zero-order valence-electron chi connectivity index (χ0n) is 13.6. The van der Waals surface area contributed by atoms with E-state index in [1.54, 1.807) is 12.1 Å². The van der Waals surface area contributed by atoms with Crippen LogP contribution in [0.25, 0.3) is 10.2 Å². The maximum atomic E-state index is 13.3. The average Bonchev–Trinajstić information content (AvgIpc) is 2.76. The topological polar surface area (TPSA) is 68.0 Å². The van der Waals surface area contributed by atoms with Gasteiger partial charge < -0.3 is 11.1 Å². The minimum atomic E-state index is -0.396. The van der Waals surface area contributed by atoms with Gasteiger partial charge in [-0.05, 0) is 55.5 Å². The molecule has 4 rings (SSSR count). The average molecular weight is 355 g/mol. The number of amides is 1. The fraction of sp³-hybridized carbons (Fsp3) is 0.263. The van der Waals surface area contributed by atoms with Crippen LogP contribution >= 0.6 is 11.3 Å². The van der Waals surface area contributed by atoms with Crippen molar-refractivity contribution in [1.29, 1.82) is 0 Å². The molecule has 0 atom stereocenters. The van der Waals surface area contributed by atoms with Gasteiger partial charge in [-0.2, -0.15) is 0 Å². The number of hydrogen-bond donors (Lipinski definition) is 2. The van der Waals surface area contributed by atoms with Crippen molar-refractivity contribution in [2.75, 3.05) is 11.1 Å². The summed E-state index contributed by atoms with van der Waals surface area (Å²) in [5, 5.41) is 3.55. The lowest BCUT2D eigenvalue weighted by molar-refractivity contribution is 0.103. The molecule has 128 valence electrons. The molecule has 0 saturated heterocycles. The van der Waals surface area contributed by atoms with Crippen molar-refractivity contribution in [1.82, 2.24) is 4.98 Å². The summed E-state index contributed by atoms with van der Waals surface area (Å²) >= 11 is 1.29. The van der Waals surface area contributed by atoms with Gasteiger partial charge in [-0.1, -0.05) is 12.5 Å². The number of halogens is 1. The Kier molecular flexibility index (Phi) is 4.13. The molecule has 1 aromatic carbocycles. The van der Waals surface area contributed by atoms with Crippen molar-refractivity contribution in [2.24, 2.45) is 0 Å². The molecular formula is C19H18FN3OS. The molecule has 0 fully saturated rings. The third kappa shape index (κ3) is 3.09. The van der Waals surface area contributed by atoms with E-state index in [9.17, 15) is 9.18 Å². The standard InChI is InChI=1S/C19H18FN3OS/c20-12-6-4-7-13(10-12)22-18(24)17-16(21)14-9-11-5-2-1-3-8-15(11)23-19(14)25-17/h4,6-7,9-10H,1-3,5,8,21H2,(H,22,24). The summed E-state index contributed by atoms with van der Waals surface area (Å²) in [4.78, 5) is 18.5. The normalized spacial score (nSPS) is 14.1. The molecule has 1 aliphatic carbocycles. The number of benzene rings is 1. The number of anilines is 2. The first-order valence-corrected chi connectivity index (χ1v) is 9.21. The Balaban J connectivity index is 1.70. The molecule has 1 aliphatic rings. The number of carbonyl (C=O) groups excluding carboxylic acids is 1. The predicted molar refractivity (Wildman–Crippen MR) is 99.6 cm³/mol. The fourth-order valence-electron chi connectivity index (χ4n) is 3.26. The SMILES string of the molecule is Nc1c(C(=O)Nc2cccc(F)c2)sc2nc3c(cc12)CCCCC3. The van der Waals surface area contributed by atoms with Crippen molar-refractivity contribution < 1.29 is 9.18 Å². The van der Waals surface area contributed by atoms with Gasteiger partial charge in [0.2, 0.25) is 0 Å². The molecule has 4 nitrogen and oxygen atoms in total. The van der Waals surface area contributed by atoms with Crippen LogP contribution in [0.2, 0.25) is 0 Å². The molecule has 0 radical (unpaired) electrons. The summed E-state index contributed by atoms with van der Waals surface area (Å²) < 4.78 is 13.3. The number of rotatable bonds is 2. The van der Waals surface area contributed by atoms with Crippen LogP contribution in [0, 0.1) is 5.82 Å². The van der Waals surface area contributed by atoms with Gasteiger partial charge in [0.25, 0.3) is 5.91 Å². The Hall–Kier alpha value is -2.47. The van der Waals surface area contributed by atoms with Crippen molar-refractivity contribution in [3.63, 3.8) is 0 Å². The third-order valence-electron chi connectivity index (χ3n) is 4.54. The Labute approximate surface area is 148 Å². The van der Waals surface area contributed by atoms with Gasteiger partial charge in [-0.3, -0.25) is 4.79 Å². The lowest BCUT2D eigenvalue weighted by Crippen LogP contribution is -2.12. The van der Waals surface area contributed by atoms with Gasteiger partial charge in [-0.25, -0.2) is 9.37 Å². The molecule has 25 heavy (non-hydrogen) atoms. The smallest absolute Gasteiger partial charge is 0.267 e. The summed E-state index contributed by atoms with van der Waals surface area (Å²) in [6.07, 6.45) is 5.53. The van der Waals surface area contributed by atoms with Gasteiger partial charge in [0.15, 0.2) is 0 Å². The lowest BCUT2D eigenvalue weighted by atomic mass is 10.1. The van der Waals surface area contributed by atoms with E-state index >= 15 is 0 Å². The zero-order chi connectivity index (χ0) is 17.4. The number of fused-ring (bicyclic) bond motifs is 2. The molecule has 0 bridgehead atoms.